The molecule has 0 spiro atoms. The molecule has 0 fully saturated rings. The molecule has 0 aliphatic rings. The first-order chi connectivity index (χ1) is 15.8. The maximum Gasteiger partial charge on any atom is 0.433 e. The van der Waals surface area contributed by atoms with Gasteiger partial charge in [-0.1, -0.05) is 48.0 Å². The van der Waals surface area contributed by atoms with Crippen LogP contribution in [0, 0.1) is 6.92 Å². The van der Waals surface area contributed by atoms with Crippen LogP contribution in [0.2, 0.25) is 0 Å². The van der Waals surface area contributed by atoms with Gasteiger partial charge in [0.1, 0.15) is 5.75 Å². The summed E-state index contributed by atoms with van der Waals surface area (Å²) in [5.41, 5.74) is 1.18. The number of fused-ring (bicyclic) bond motifs is 1. The topological polar surface area (TPSA) is 81.4 Å². The van der Waals surface area contributed by atoms with Crippen LogP contribution in [-0.4, -0.2) is 32.1 Å². The van der Waals surface area contributed by atoms with Crippen molar-refractivity contribution in [2.45, 2.75) is 26.6 Å². The standard InChI is InChI=1S/C23H20F3N5O2/c1-3-33-18-7-5-4-6-16(18)13-27-21(32)20-29-22-28-17(15-10-8-14(2)9-11-15)12-19(23(24,25)26)31(22)30-20/h4-12H,3,13H2,1-2H3,(H,27,32). The monoisotopic (exact) mass is 455 g/mol. The zero-order chi connectivity index (χ0) is 23.6. The molecular weight excluding hydrogens is 435 g/mol. The van der Waals surface area contributed by atoms with Crippen molar-refractivity contribution in [1.29, 1.82) is 0 Å². The zero-order valence-electron chi connectivity index (χ0n) is 17.8. The van der Waals surface area contributed by atoms with E-state index in [-0.39, 0.29) is 18.0 Å². The van der Waals surface area contributed by atoms with Crippen LogP contribution in [0.25, 0.3) is 17.0 Å². The average molecular weight is 455 g/mol. The Morgan fingerprint density at radius 2 is 1.82 bits per heavy atom. The molecule has 10 heteroatoms. The Labute approximate surface area is 187 Å². The number of ether oxygens (including phenoxy) is 1. The Morgan fingerprint density at radius 1 is 1.09 bits per heavy atom. The summed E-state index contributed by atoms with van der Waals surface area (Å²) in [5, 5.41) is 6.40. The highest BCUT2D eigenvalue weighted by atomic mass is 19.4. The van der Waals surface area contributed by atoms with Gasteiger partial charge in [0.2, 0.25) is 5.82 Å². The number of halogens is 3. The number of hydrogen-bond acceptors (Lipinski definition) is 5. The number of nitrogens with zero attached hydrogens (tertiary/aromatic N) is 4. The van der Waals surface area contributed by atoms with Crippen molar-refractivity contribution in [2.75, 3.05) is 6.61 Å². The van der Waals surface area contributed by atoms with E-state index in [1.807, 2.05) is 13.8 Å². The Bertz CT molecular complexity index is 1300. The molecule has 0 aliphatic heterocycles. The summed E-state index contributed by atoms with van der Waals surface area (Å²) in [7, 11) is 0. The SMILES string of the molecule is CCOc1ccccc1CNC(=O)c1nc2nc(-c3ccc(C)cc3)cc(C(F)(F)F)n2n1. The lowest BCUT2D eigenvalue weighted by Crippen LogP contribution is -2.24. The first kappa shape index (κ1) is 22.3. The van der Waals surface area contributed by atoms with E-state index in [1.165, 1.54) is 0 Å². The number of amides is 1. The maximum atomic E-state index is 13.7. The van der Waals surface area contributed by atoms with Gasteiger partial charge in [0.25, 0.3) is 11.7 Å². The van der Waals surface area contributed by atoms with Crippen molar-refractivity contribution in [3.8, 4) is 17.0 Å². The molecule has 4 aromatic rings. The van der Waals surface area contributed by atoms with Gasteiger partial charge in [0, 0.05) is 17.7 Å². The van der Waals surface area contributed by atoms with Crippen LogP contribution in [0.3, 0.4) is 0 Å². The Balaban J connectivity index is 1.67. The number of rotatable bonds is 6. The highest BCUT2D eigenvalue weighted by Crippen LogP contribution is 2.32. The van der Waals surface area contributed by atoms with E-state index in [2.05, 4.69) is 20.4 Å². The lowest BCUT2D eigenvalue weighted by atomic mass is 10.1. The molecule has 1 N–H and O–H groups in total. The third-order valence-electron chi connectivity index (χ3n) is 4.86. The number of benzene rings is 2. The van der Waals surface area contributed by atoms with Crippen molar-refractivity contribution in [2.24, 2.45) is 0 Å². The number of carbonyl (C=O) groups is 1. The molecule has 0 atom stereocenters. The van der Waals surface area contributed by atoms with Crippen molar-refractivity contribution < 1.29 is 22.7 Å². The first-order valence-electron chi connectivity index (χ1n) is 10.2. The van der Waals surface area contributed by atoms with Gasteiger partial charge in [-0.2, -0.15) is 22.7 Å². The number of para-hydroxylation sites is 1. The van der Waals surface area contributed by atoms with Gasteiger partial charge in [-0.3, -0.25) is 4.79 Å². The van der Waals surface area contributed by atoms with E-state index in [4.69, 9.17) is 4.74 Å². The number of carbonyl (C=O) groups excluding carboxylic acids is 1. The number of hydrogen-bond donors (Lipinski definition) is 1. The molecule has 1 amide bonds. The third kappa shape index (κ3) is 4.79. The van der Waals surface area contributed by atoms with Crippen LogP contribution in [0.1, 0.15) is 34.4 Å². The van der Waals surface area contributed by atoms with Crippen molar-refractivity contribution in [3.63, 3.8) is 0 Å². The molecule has 2 aromatic heterocycles. The predicted molar refractivity (Wildman–Crippen MR) is 115 cm³/mol. The normalized spacial score (nSPS) is 11.5. The lowest BCUT2D eigenvalue weighted by molar-refractivity contribution is -0.142. The van der Waals surface area contributed by atoms with Crippen molar-refractivity contribution >= 4 is 11.7 Å². The average Bonchev–Trinajstić information content (AvgIpc) is 3.22. The van der Waals surface area contributed by atoms with Gasteiger partial charge in [-0.15, -0.1) is 5.10 Å². The summed E-state index contributed by atoms with van der Waals surface area (Å²) in [4.78, 5) is 20.8. The van der Waals surface area contributed by atoms with E-state index in [0.717, 1.165) is 11.6 Å². The van der Waals surface area contributed by atoms with Crippen molar-refractivity contribution in [3.05, 3.63) is 77.2 Å². The highest BCUT2D eigenvalue weighted by Gasteiger charge is 2.36. The summed E-state index contributed by atoms with van der Waals surface area (Å²) in [6.45, 7) is 4.26. The van der Waals surface area contributed by atoms with E-state index in [0.29, 0.717) is 28.0 Å². The number of alkyl halides is 3. The Hall–Kier alpha value is -3.95. The Morgan fingerprint density at radius 3 is 2.52 bits per heavy atom. The van der Waals surface area contributed by atoms with Crippen LogP contribution >= 0.6 is 0 Å². The number of aryl methyl sites for hydroxylation is 1. The molecule has 33 heavy (non-hydrogen) atoms. The fourth-order valence-electron chi connectivity index (χ4n) is 3.24. The van der Waals surface area contributed by atoms with Crippen molar-refractivity contribution in [1.82, 2.24) is 24.9 Å². The van der Waals surface area contributed by atoms with E-state index in [9.17, 15) is 18.0 Å². The molecule has 7 nitrogen and oxygen atoms in total. The van der Waals surface area contributed by atoms with Crippen LogP contribution in [0.5, 0.6) is 5.75 Å². The second-order valence-electron chi connectivity index (χ2n) is 7.26. The largest absolute Gasteiger partial charge is 0.494 e. The van der Waals surface area contributed by atoms with E-state index < -0.39 is 23.6 Å². The van der Waals surface area contributed by atoms with Gasteiger partial charge in [0.05, 0.1) is 12.3 Å². The smallest absolute Gasteiger partial charge is 0.433 e. The first-order valence-corrected chi connectivity index (χ1v) is 10.2. The quantitative estimate of drug-likeness (QED) is 0.465. The van der Waals surface area contributed by atoms with Crippen LogP contribution in [0.4, 0.5) is 13.2 Å². The fraction of sp³-hybridized carbons (Fsp3) is 0.217. The van der Waals surface area contributed by atoms with Crippen LogP contribution < -0.4 is 10.1 Å². The number of aromatic nitrogens is 4. The fourth-order valence-corrected chi connectivity index (χ4v) is 3.24. The predicted octanol–water partition coefficient (Wildman–Crippen LogP) is 4.45. The third-order valence-corrected chi connectivity index (χ3v) is 4.86. The van der Waals surface area contributed by atoms with E-state index in [1.54, 1.807) is 48.5 Å². The summed E-state index contributed by atoms with van der Waals surface area (Å²) < 4.78 is 47.3. The summed E-state index contributed by atoms with van der Waals surface area (Å²) in [6, 6.07) is 14.9. The minimum atomic E-state index is -4.72. The van der Waals surface area contributed by atoms with Gasteiger partial charge in [-0.25, -0.2) is 4.98 Å². The molecule has 0 unspecified atom stereocenters. The molecule has 0 saturated carbocycles. The van der Waals surface area contributed by atoms with Gasteiger partial charge in [0.15, 0.2) is 5.69 Å². The lowest BCUT2D eigenvalue weighted by Gasteiger charge is -2.10. The van der Waals surface area contributed by atoms with E-state index >= 15 is 0 Å². The summed E-state index contributed by atoms with van der Waals surface area (Å²) >= 11 is 0. The van der Waals surface area contributed by atoms with Crippen LogP contribution in [0.15, 0.2) is 54.6 Å². The zero-order valence-corrected chi connectivity index (χ0v) is 17.8. The summed E-state index contributed by atoms with van der Waals surface area (Å²) in [5.74, 6) is -0.855. The molecule has 2 aromatic carbocycles. The molecular formula is C23H20F3N5O2. The number of nitrogens with one attached hydrogen (secondary N) is 1. The molecule has 0 saturated heterocycles. The molecule has 2 heterocycles. The van der Waals surface area contributed by atoms with Gasteiger partial charge < -0.3 is 10.1 Å². The van der Waals surface area contributed by atoms with Crippen LogP contribution in [-0.2, 0) is 12.7 Å². The summed E-state index contributed by atoms with van der Waals surface area (Å²) in [6.07, 6.45) is -4.72. The van der Waals surface area contributed by atoms with Gasteiger partial charge >= 0.3 is 6.18 Å². The molecule has 0 radical (unpaired) electrons. The minimum absolute atomic E-state index is 0.0832. The molecule has 0 aliphatic carbocycles. The maximum absolute atomic E-state index is 13.7. The molecule has 4 rings (SSSR count). The van der Waals surface area contributed by atoms with Gasteiger partial charge in [-0.05, 0) is 26.0 Å². The minimum Gasteiger partial charge on any atom is -0.494 e. The second-order valence-corrected chi connectivity index (χ2v) is 7.26. The Kier molecular flexibility index (Phi) is 5.99. The second kappa shape index (κ2) is 8.89. The molecule has 0 bridgehead atoms. The molecule has 170 valence electrons. The highest BCUT2D eigenvalue weighted by molar-refractivity contribution is 5.90.